The van der Waals surface area contributed by atoms with E-state index in [1.807, 2.05) is 11.6 Å². The lowest BCUT2D eigenvalue weighted by atomic mass is 10.1. The minimum Gasteiger partial charge on any atom is -0.497 e. The number of carbonyl (C=O) groups excluding carboxylic acids is 1. The second kappa shape index (κ2) is 11.3. The van der Waals surface area contributed by atoms with Gasteiger partial charge in [-0.05, 0) is 31.5 Å². The number of ether oxygens (including phenoxy) is 2. The van der Waals surface area contributed by atoms with Crippen LogP contribution < -0.4 is 20.7 Å². The Labute approximate surface area is 182 Å². The minimum atomic E-state index is -0.148. The third kappa shape index (κ3) is 6.42. The van der Waals surface area contributed by atoms with E-state index in [1.165, 1.54) is 0 Å². The van der Waals surface area contributed by atoms with Crippen LogP contribution in [0.4, 0.5) is 0 Å². The first-order valence-electron chi connectivity index (χ1n) is 10.5. The van der Waals surface area contributed by atoms with Crippen molar-refractivity contribution in [1.29, 1.82) is 0 Å². The average Bonchev–Trinajstić information content (AvgIpc) is 3.18. The number of methoxy groups -OCH3 is 2. The van der Waals surface area contributed by atoms with E-state index in [0.29, 0.717) is 36.8 Å². The highest BCUT2D eigenvalue weighted by molar-refractivity contribution is 5.94. The first-order chi connectivity index (χ1) is 15.1. The normalized spacial score (nSPS) is 15.8. The van der Waals surface area contributed by atoms with E-state index >= 15 is 0 Å². The Hall–Kier alpha value is -3.14. The van der Waals surface area contributed by atoms with Crippen molar-refractivity contribution in [2.24, 2.45) is 4.99 Å². The summed E-state index contributed by atoms with van der Waals surface area (Å²) in [7, 11) is 3.22. The molecule has 1 atom stereocenters. The van der Waals surface area contributed by atoms with E-state index in [-0.39, 0.29) is 11.9 Å². The zero-order valence-electron chi connectivity index (χ0n) is 18.4. The van der Waals surface area contributed by atoms with Crippen molar-refractivity contribution in [3.05, 3.63) is 41.5 Å². The summed E-state index contributed by atoms with van der Waals surface area (Å²) in [6.45, 7) is 4.82. The first-order valence-corrected chi connectivity index (χ1v) is 10.5. The lowest BCUT2D eigenvalue weighted by molar-refractivity contribution is 0.0954. The monoisotopic (exact) mass is 429 g/mol. The molecule has 3 rings (SSSR count). The maximum Gasteiger partial charge on any atom is 0.251 e. The van der Waals surface area contributed by atoms with Gasteiger partial charge in [0.2, 0.25) is 0 Å². The Balaban J connectivity index is 1.50. The number of guanidine groups is 1. The number of carbonyl (C=O) groups is 1. The van der Waals surface area contributed by atoms with Crippen molar-refractivity contribution < 1.29 is 14.3 Å². The quantitative estimate of drug-likeness (QED) is 0.306. The van der Waals surface area contributed by atoms with Crippen LogP contribution in [0.1, 0.15) is 35.4 Å². The number of rotatable bonds is 9. The van der Waals surface area contributed by atoms with Crippen molar-refractivity contribution in [1.82, 2.24) is 30.7 Å². The highest BCUT2D eigenvalue weighted by atomic mass is 16.5. The summed E-state index contributed by atoms with van der Waals surface area (Å²) in [6.07, 6.45) is 1.80. The molecular formula is C21H31N7O3. The lowest BCUT2D eigenvalue weighted by Gasteiger charge is -2.25. The highest BCUT2D eigenvalue weighted by Gasteiger charge is 2.22. The Kier molecular flexibility index (Phi) is 8.22. The molecule has 10 nitrogen and oxygen atoms in total. The molecule has 1 amide bonds. The van der Waals surface area contributed by atoms with Crippen LogP contribution in [0.2, 0.25) is 0 Å². The van der Waals surface area contributed by atoms with Gasteiger partial charge in [0, 0.05) is 38.2 Å². The number of aromatic nitrogens is 3. The predicted molar refractivity (Wildman–Crippen MR) is 117 cm³/mol. The van der Waals surface area contributed by atoms with Crippen molar-refractivity contribution in [3.63, 3.8) is 0 Å². The summed E-state index contributed by atoms with van der Waals surface area (Å²) in [5.74, 6) is 2.94. The molecule has 0 radical (unpaired) electrons. The number of benzene rings is 1. The molecule has 2 heterocycles. The molecule has 1 aliphatic heterocycles. The van der Waals surface area contributed by atoms with E-state index in [1.54, 1.807) is 38.5 Å². The van der Waals surface area contributed by atoms with Crippen LogP contribution in [-0.2, 0) is 24.3 Å². The van der Waals surface area contributed by atoms with E-state index in [0.717, 1.165) is 37.7 Å². The SMILES string of the molecule is CCNC(=NCCNC(=O)c1cccc(OC)c1)NC1CCc2nc(COC)nn2C1. The maximum atomic E-state index is 12.3. The summed E-state index contributed by atoms with van der Waals surface area (Å²) in [6, 6.07) is 7.27. The molecule has 0 saturated heterocycles. The topological polar surface area (TPSA) is 115 Å². The van der Waals surface area contributed by atoms with Crippen LogP contribution in [0.15, 0.2) is 29.3 Å². The largest absolute Gasteiger partial charge is 0.497 e. The van der Waals surface area contributed by atoms with Crippen molar-refractivity contribution in [2.75, 3.05) is 33.9 Å². The van der Waals surface area contributed by atoms with E-state index in [2.05, 4.69) is 31.0 Å². The number of hydrogen-bond acceptors (Lipinski definition) is 6. The molecule has 31 heavy (non-hydrogen) atoms. The van der Waals surface area contributed by atoms with Gasteiger partial charge >= 0.3 is 0 Å². The third-order valence-electron chi connectivity index (χ3n) is 4.86. The van der Waals surface area contributed by atoms with Crippen molar-refractivity contribution >= 4 is 11.9 Å². The summed E-state index contributed by atoms with van der Waals surface area (Å²) >= 11 is 0. The Morgan fingerprint density at radius 1 is 1.32 bits per heavy atom. The van der Waals surface area contributed by atoms with Gasteiger partial charge in [0.15, 0.2) is 11.8 Å². The van der Waals surface area contributed by atoms with Crippen LogP contribution in [0, 0.1) is 0 Å². The molecule has 10 heteroatoms. The molecule has 0 fully saturated rings. The number of amides is 1. The van der Waals surface area contributed by atoms with E-state index in [9.17, 15) is 4.79 Å². The van der Waals surface area contributed by atoms with Gasteiger partial charge in [-0.25, -0.2) is 9.67 Å². The highest BCUT2D eigenvalue weighted by Crippen LogP contribution is 2.14. The molecule has 1 aliphatic rings. The fraction of sp³-hybridized carbons (Fsp3) is 0.524. The summed E-state index contributed by atoms with van der Waals surface area (Å²) < 4.78 is 12.2. The van der Waals surface area contributed by atoms with Crippen molar-refractivity contribution in [3.8, 4) is 5.75 Å². The van der Waals surface area contributed by atoms with Gasteiger partial charge in [-0.15, -0.1) is 0 Å². The summed E-state index contributed by atoms with van der Waals surface area (Å²) in [4.78, 5) is 21.4. The van der Waals surface area contributed by atoms with Gasteiger partial charge in [-0.3, -0.25) is 9.79 Å². The zero-order chi connectivity index (χ0) is 22.1. The molecule has 168 valence electrons. The lowest BCUT2D eigenvalue weighted by Crippen LogP contribution is -2.47. The second-order valence-corrected chi connectivity index (χ2v) is 7.19. The van der Waals surface area contributed by atoms with Crippen molar-refractivity contribution in [2.45, 2.75) is 39.0 Å². The van der Waals surface area contributed by atoms with Gasteiger partial charge in [-0.2, -0.15) is 5.10 Å². The van der Waals surface area contributed by atoms with E-state index < -0.39 is 0 Å². The fourth-order valence-corrected chi connectivity index (χ4v) is 3.39. The van der Waals surface area contributed by atoms with Gasteiger partial charge in [-0.1, -0.05) is 6.07 Å². The molecule has 0 saturated carbocycles. The number of nitrogens with one attached hydrogen (secondary N) is 3. The number of aryl methyl sites for hydroxylation is 1. The molecular weight excluding hydrogens is 398 g/mol. The maximum absolute atomic E-state index is 12.3. The Morgan fingerprint density at radius 2 is 2.19 bits per heavy atom. The molecule has 1 aromatic heterocycles. The third-order valence-corrected chi connectivity index (χ3v) is 4.86. The number of aliphatic imine (C=N–C) groups is 1. The van der Waals surface area contributed by atoms with E-state index in [4.69, 9.17) is 9.47 Å². The first kappa shape index (κ1) is 22.5. The zero-order valence-corrected chi connectivity index (χ0v) is 18.4. The summed E-state index contributed by atoms with van der Waals surface area (Å²) in [5, 5.41) is 14.1. The standard InChI is InChI=1S/C21H31N7O3/c1-4-22-21(24-11-10-23-20(29)15-6-5-7-17(12-15)31-3)25-16-8-9-19-26-18(14-30-2)27-28(19)13-16/h5-7,12,16H,4,8-11,13-14H2,1-3H3,(H,23,29)(H2,22,24,25). The molecule has 0 bridgehead atoms. The molecule has 2 aromatic rings. The van der Waals surface area contributed by atoms with Gasteiger partial charge < -0.3 is 25.4 Å². The molecule has 0 spiro atoms. The van der Waals surface area contributed by atoms with Crippen LogP contribution in [0.25, 0.3) is 0 Å². The molecule has 1 aromatic carbocycles. The fourth-order valence-electron chi connectivity index (χ4n) is 3.39. The number of nitrogens with zero attached hydrogens (tertiary/aromatic N) is 4. The molecule has 3 N–H and O–H groups in total. The smallest absolute Gasteiger partial charge is 0.251 e. The molecule has 1 unspecified atom stereocenters. The summed E-state index contributed by atoms with van der Waals surface area (Å²) in [5.41, 5.74) is 0.562. The second-order valence-electron chi connectivity index (χ2n) is 7.19. The van der Waals surface area contributed by atoms with Gasteiger partial charge in [0.05, 0.1) is 20.2 Å². The number of hydrogen-bond donors (Lipinski definition) is 3. The van der Waals surface area contributed by atoms with Crippen LogP contribution in [0.3, 0.4) is 0 Å². The Bertz CT molecular complexity index is 897. The number of fused-ring (bicyclic) bond motifs is 1. The Morgan fingerprint density at radius 3 is 2.97 bits per heavy atom. The minimum absolute atomic E-state index is 0.148. The van der Waals surface area contributed by atoms with Gasteiger partial charge in [0.1, 0.15) is 18.2 Å². The average molecular weight is 430 g/mol. The van der Waals surface area contributed by atoms with Gasteiger partial charge in [0.25, 0.3) is 5.91 Å². The molecule has 0 aliphatic carbocycles. The van der Waals surface area contributed by atoms with Crippen LogP contribution in [0.5, 0.6) is 5.75 Å². The van der Waals surface area contributed by atoms with Crippen LogP contribution >= 0.6 is 0 Å². The van der Waals surface area contributed by atoms with Crippen LogP contribution in [-0.4, -0.2) is 66.5 Å². The predicted octanol–water partition coefficient (Wildman–Crippen LogP) is 0.733.